The zero-order valence-corrected chi connectivity index (χ0v) is 16.7. The first-order valence-corrected chi connectivity index (χ1v) is 10.3. The maximum absolute atomic E-state index is 13.7. The third-order valence-corrected chi connectivity index (χ3v) is 6.30. The molecule has 11 heteroatoms. The molecule has 0 spiro atoms. The molecule has 2 aliphatic rings. The molecule has 2 aromatic rings. The van der Waals surface area contributed by atoms with Crippen molar-refractivity contribution >= 4 is 11.6 Å². The number of imidazole rings is 1. The van der Waals surface area contributed by atoms with E-state index < -0.39 is 48.3 Å². The molecule has 31 heavy (non-hydrogen) atoms. The van der Waals surface area contributed by atoms with Crippen molar-refractivity contribution in [1.29, 1.82) is 0 Å². The highest BCUT2D eigenvalue weighted by molar-refractivity contribution is 5.79. The molecule has 170 valence electrons. The second-order valence-corrected chi connectivity index (χ2v) is 8.65. The maximum Gasteiger partial charge on any atom is 0.393 e. The summed E-state index contributed by atoms with van der Waals surface area (Å²) in [5.41, 5.74) is 7.56. The minimum atomic E-state index is -4.37. The number of hydrogen-bond donors (Lipinski definition) is 2. The Bertz CT molecular complexity index is 959. The molecule has 3 heterocycles. The highest BCUT2D eigenvalue weighted by atomic mass is 19.4. The average molecular weight is 445 g/mol. The Balaban J connectivity index is 1.49. The summed E-state index contributed by atoms with van der Waals surface area (Å²) in [6.07, 6.45) is -2.43. The number of nitrogens with two attached hydrogens (primary N) is 1. The first-order valence-electron chi connectivity index (χ1n) is 10.3. The van der Waals surface area contributed by atoms with Crippen LogP contribution in [0.25, 0.3) is 5.65 Å². The second kappa shape index (κ2) is 7.99. The minimum Gasteiger partial charge on any atom is -0.355 e. The summed E-state index contributed by atoms with van der Waals surface area (Å²) >= 11 is 0. The van der Waals surface area contributed by atoms with E-state index in [0.717, 1.165) is 0 Å². The van der Waals surface area contributed by atoms with Crippen LogP contribution >= 0.6 is 0 Å². The number of nitrogens with one attached hydrogen (secondary N) is 1. The fourth-order valence-electron chi connectivity index (χ4n) is 4.55. The van der Waals surface area contributed by atoms with Crippen molar-refractivity contribution in [2.45, 2.75) is 56.7 Å². The van der Waals surface area contributed by atoms with E-state index in [9.17, 15) is 26.7 Å². The number of fused-ring (bicyclic) bond motifs is 1. The van der Waals surface area contributed by atoms with Crippen LogP contribution in [0, 0.1) is 17.8 Å². The number of halogens is 5. The summed E-state index contributed by atoms with van der Waals surface area (Å²) in [7, 11) is 0. The van der Waals surface area contributed by atoms with Gasteiger partial charge < -0.3 is 11.1 Å². The van der Waals surface area contributed by atoms with Crippen LogP contribution in [0.3, 0.4) is 0 Å². The van der Waals surface area contributed by atoms with E-state index in [-0.39, 0.29) is 25.7 Å². The Morgan fingerprint density at radius 3 is 2.81 bits per heavy atom. The lowest BCUT2D eigenvalue weighted by atomic mass is 9.81. The SMILES string of the molecule is NC(c1cn2nc(CC3C[C@@H](C(F)(F)F)CNC3=O)ccc2n1)[C@@H]1CCCC(F)(F)C1. The predicted molar refractivity (Wildman–Crippen MR) is 101 cm³/mol. The molecule has 4 atom stereocenters. The molecule has 2 aromatic heterocycles. The molecule has 2 fully saturated rings. The van der Waals surface area contributed by atoms with E-state index >= 15 is 0 Å². The van der Waals surface area contributed by atoms with Gasteiger partial charge >= 0.3 is 6.18 Å². The highest BCUT2D eigenvalue weighted by Gasteiger charge is 2.44. The molecule has 1 aliphatic carbocycles. The maximum atomic E-state index is 13.7. The number of hydrogen-bond acceptors (Lipinski definition) is 4. The molecule has 0 radical (unpaired) electrons. The summed E-state index contributed by atoms with van der Waals surface area (Å²) in [6.45, 7) is -0.408. The Labute approximate surface area is 175 Å². The average Bonchev–Trinajstić information content (AvgIpc) is 3.11. The number of carbonyl (C=O) groups excluding carboxylic acids is 1. The minimum absolute atomic E-state index is 0.0583. The van der Waals surface area contributed by atoms with Gasteiger partial charge in [0.05, 0.1) is 29.5 Å². The standard InChI is InChI=1S/C20H24F5N5O/c21-19(22)5-1-2-11(8-19)17(26)15-10-30-16(28-15)4-3-14(29-30)7-12-6-13(20(23,24)25)9-27-18(12)31/h3-4,10-13,17H,1-2,5-9,26H2,(H,27,31)/t11-,12?,13-,17?/m1/s1. The molecular weight excluding hydrogens is 421 g/mol. The summed E-state index contributed by atoms with van der Waals surface area (Å²) in [5, 5.41) is 6.68. The third kappa shape index (κ3) is 4.81. The lowest BCUT2D eigenvalue weighted by Crippen LogP contribution is -2.47. The number of alkyl halides is 5. The molecule has 1 amide bonds. The van der Waals surface area contributed by atoms with Gasteiger partial charge in [0.25, 0.3) is 0 Å². The van der Waals surface area contributed by atoms with E-state index in [1.165, 1.54) is 4.52 Å². The first kappa shape index (κ1) is 21.9. The van der Waals surface area contributed by atoms with Gasteiger partial charge in [0.1, 0.15) is 0 Å². The lowest BCUT2D eigenvalue weighted by Gasteiger charge is -2.31. The predicted octanol–water partition coefficient (Wildman–Crippen LogP) is 3.41. The van der Waals surface area contributed by atoms with Crippen molar-refractivity contribution in [3.05, 3.63) is 29.7 Å². The van der Waals surface area contributed by atoms with E-state index in [4.69, 9.17) is 5.73 Å². The smallest absolute Gasteiger partial charge is 0.355 e. The molecule has 1 saturated heterocycles. The van der Waals surface area contributed by atoms with E-state index in [2.05, 4.69) is 15.4 Å². The number of rotatable bonds is 4. The van der Waals surface area contributed by atoms with E-state index in [0.29, 0.717) is 29.9 Å². The Hall–Kier alpha value is -2.30. The molecule has 3 N–H and O–H groups in total. The Kier molecular flexibility index (Phi) is 5.65. The van der Waals surface area contributed by atoms with Crippen molar-refractivity contribution < 1.29 is 26.7 Å². The number of amides is 1. The summed E-state index contributed by atoms with van der Waals surface area (Å²) in [4.78, 5) is 16.4. The van der Waals surface area contributed by atoms with E-state index in [1.807, 2.05) is 0 Å². The molecule has 4 rings (SSSR count). The van der Waals surface area contributed by atoms with Crippen molar-refractivity contribution in [3.8, 4) is 0 Å². The normalized spacial score (nSPS) is 27.8. The van der Waals surface area contributed by atoms with Gasteiger partial charge in [0.2, 0.25) is 11.8 Å². The van der Waals surface area contributed by atoms with Gasteiger partial charge in [-0.05, 0) is 37.3 Å². The van der Waals surface area contributed by atoms with Crippen molar-refractivity contribution in [2.24, 2.45) is 23.5 Å². The summed E-state index contributed by atoms with van der Waals surface area (Å²) in [5.74, 6) is -5.95. The van der Waals surface area contributed by atoms with E-state index in [1.54, 1.807) is 18.3 Å². The van der Waals surface area contributed by atoms with Crippen LogP contribution < -0.4 is 11.1 Å². The zero-order chi connectivity index (χ0) is 22.4. The molecule has 1 aliphatic heterocycles. The number of carbonyl (C=O) groups is 1. The van der Waals surface area contributed by atoms with Gasteiger partial charge in [-0.1, -0.05) is 0 Å². The van der Waals surface area contributed by atoms with Gasteiger partial charge in [-0.2, -0.15) is 18.3 Å². The Morgan fingerprint density at radius 2 is 2.10 bits per heavy atom. The summed E-state index contributed by atoms with van der Waals surface area (Å²) in [6, 6.07) is 2.58. The molecule has 1 saturated carbocycles. The number of nitrogens with zero attached hydrogens (tertiary/aromatic N) is 3. The van der Waals surface area contributed by atoms with Gasteiger partial charge in [0, 0.05) is 31.7 Å². The molecule has 6 nitrogen and oxygen atoms in total. The Morgan fingerprint density at radius 1 is 1.32 bits per heavy atom. The molecule has 2 unspecified atom stereocenters. The third-order valence-electron chi connectivity index (χ3n) is 6.30. The zero-order valence-electron chi connectivity index (χ0n) is 16.7. The van der Waals surface area contributed by atoms with Gasteiger partial charge in [0.15, 0.2) is 5.65 Å². The summed E-state index contributed by atoms with van der Waals surface area (Å²) < 4.78 is 68.0. The lowest BCUT2D eigenvalue weighted by molar-refractivity contribution is -0.183. The van der Waals surface area contributed by atoms with Crippen LogP contribution in [0.15, 0.2) is 18.3 Å². The second-order valence-electron chi connectivity index (χ2n) is 8.65. The molecular formula is C20H24F5N5O. The number of aromatic nitrogens is 3. The van der Waals surface area contributed by atoms with Crippen LogP contribution in [0.1, 0.15) is 49.5 Å². The largest absolute Gasteiger partial charge is 0.393 e. The van der Waals surface area contributed by atoms with Gasteiger partial charge in [-0.3, -0.25) is 4.79 Å². The van der Waals surface area contributed by atoms with Crippen LogP contribution in [0.2, 0.25) is 0 Å². The van der Waals surface area contributed by atoms with Crippen LogP contribution in [0.4, 0.5) is 22.0 Å². The first-order chi connectivity index (χ1) is 14.5. The van der Waals surface area contributed by atoms with Gasteiger partial charge in [-0.25, -0.2) is 18.3 Å². The fraction of sp³-hybridized carbons (Fsp3) is 0.650. The van der Waals surface area contributed by atoms with Crippen LogP contribution in [0.5, 0.6) is 0 Å². The molecule has 0 aromatic carbocycles. The quantitative estimate of drug-likeness (QED) is 0.707. The highest BCUT2D eigenvalue weighted by Crippen LogP contribution is 2.41. The van der Waals surface area contributed by atoms with Crippen LogP contribution in [-0.4, -0.2) is 39.1 Å². The fourth-order valence-corrected chi connectivity index (χ4v) is 4.55. The monoisotopic (exact) mass is 445 g/mol. The van der Waals surface area contributed by atoms with Crippen LogP contribution in [-0.2, 0) is 11.2 Å². The van der Waals surface area contributed by atoms with Gasteiger partial charge in [-0.15, -0.1) is 0 Å². The topological polar surface area (TPSA) is 85.3 Å². The van der Waals surface area contributed by atoms with Crippen molar-refractivity contribution in [1.82, 2.24) is 19.9 Å². The van der Waals surface area contributed by atoms with Crippen molar-refractivity contribution in [2.75, 3.05) is 6.54 Å². The molecule has 0 bridgehead atoms. The van der Waals surface area contributed by atoms with Crippen molar-refractivity contribution in [3.63, 3.8) is 0 Å². The number of piperidine rings is 1.